The van der Waals surface area contributed by atoms with Crippen molar-refractivity contribution in [3.8, 4) is 22.8 Å². The van der Waals surface area contributed by atoms with E-state index >= 15 is 0 Å². The van der Waals surface area contributed by atoms with Crippen LogP contribution in [0.25, 0.3) is 22.8 Å². The van der Waals surface area contributed by atoms with Crippen LogP contribution in [0.4, 0.5) is 10.1 Å². The first-order valence-electron chi connectivity index (χ1n) is 5.78. The molecule has 0 radical (unpaired) electrons. The lowest BCUT2D eigenvalue weighted by Crippen LogP contribution is -1.87. The van der Waals surface area contributed by atoms with Gasteiger partial charge in [-0.05, 0) is 58.4 Å². The molecule has 0 atom stereocenters. The average Bonchev–Trinajstić information content (AvgIpc) is 2.92. The van der Waals surface area contributed by atoms with Crippen molar-refractivity contribution >= 4 is 21.6 Å². The van der Waals surface area contributed by atoms with Crippen molar-refractivity contribution in [2.75, 3.05) is 5.73 Å². The second kappa shape index (κ2) is 5.05. The minimum absolute atomic E-state index is 0.309. The predicted molar refractivity (Wildman–Crippen MR) is 77.2 cm³/mol. The van der Waals surface area contributed by atoms with Crippen LogP contribution >= 0.6 is 15.9 Å². The number of nitrogen functional groups attached to an aromatic ring is 1. The molecule has 0 saturated heterocycles. The summed E-state index contributed by atoms with van der Waals surface area (Å²) in [4.78, 5) is 4.30. The molecule has 0 unspecified atom stereocenters. The van der Waals surface area contributed by atoms with Crippen molar-refractivity contribution in [1.29, 1.82) is 0 Å². The molecule has 3 aromatic rings. The molecule has 0 bridgehead atoms. The molecule has 0 aliphatic heterocycles. The predicted octanol–water partition coefficient (Wildman–Crippen LogP) is 3.89. The van der Waals surface area contributed by atoms with E-state index in [2.05, 4.69) is 26.1 Å². The zero-order valence-electron chi connectivity index (χ0n) is 10.2. The highest BCUT2D eigenvalue weighted by molar-refractivity contribution is 9.10. The number of anilines is 1. The van der Waals surface area contributed by atoms with E-state index in [0.717, 1.165) is 4.47 Å². The lowest BCUT2D eigenvalue weighted by Gasteiger charge is -1.99. The van der Waals surface area contributed by atoms with Crippen LogP contribution in [-0.4, -0.2) is 10.1 Å². The standard InChI is InChI=1S/C14H9BrFN3O/c15-12-6-5-10(17)7-11(12)14-18-13(19-20-14)8-1-3-9(16)4-2-8/h1-7H,17H2. The monoisotopic (exact) mass is 333 g/mol. The molecule has 0 saturated carbocycles. The Morgan fingerprint density at radius 3 is 2.60 bits per heavy atom. The van der Waals surface area contributed by atoms with Gasteiger partial charge in [0, 0.05) is 15.7 Å². The van der Waals surface area contributed by atoms with Gasteiger partial charge in [-0.3, -0.25) is 0 Å². The quantitative estimate of drug-likeness (QED) is 0.722. The first kappa shape index (κ1) is 12.8. The smallest absolute Gasteiger partial charge is 0.259 e. The summed E-state index contributed by atoms with van der Waals surface area (Å²) < 4.78 is 18.9. The molecule has 100 valence electrons. The molecule has 0 fully saturated rings. The van der Waals surface area contributed by atoms with Gasteiger partial charge in [0.25, 0.3) is 5.89 Å². The van der Waals surface area contributed by atoms with Gasteiger partial charge in [-0.25, -0.2) is 4.39 Å². The molecule has 2 aromatic carbocycles. The van der Waals surface area contributed by atoms with Crippen LogP contribution in [0, 0.1) is 5.82 Å². The van der Waals surface area contributed by atoms with Crippen LogP contribution < -0.4 is 5.73 Å². The minimum atomic E-state index is -0.309. The molecule has 3 rings (SSSR count). The molecule has 0 spiro atoms. The summed E-state index contributed by atoms with van der Waals surface area (Å²) in [6.45, 7) is 0. The van der Waals surface area contributed by atoms with Crippen molar-refractivity contribution in [3.63, 3.8) is 0 Å². The van der Waals surface area contributed by atoms with Gasteiger partial charge in [0.1, 0.15) is 5.82 Å². The number of aromatic nitrogens is 2. The molecule has 1 heterocycles. The molecular formula is C14H9BrFN3O. The fraction of sp³-hybridized carbons (Fsp3) is 0. The Kier molecular flexibility index (Phi) is 3.23. The van der Waals surface area contributed by atoms with Crippen LogP contribution in [0.15, 0.2) is 51.5 Å². The summed E-state index contributed by atoms with van der Waals surface area (Å²) in [5.74, 6) is 0.439. The maximum absolute atomic E-state index is 12.9. The Labute approximate surface area is 122 Å². The molecule has 20 heavy (non-hydrogen) atoms. The molecule has 1 aromatic heterocycles. The van der Waals surface area contributed by atoms with Gasteiger partial charge in [-0.2, -0.15) is 4.98 Å². The maximum atomic E-state index is 12.9. The van der Waals surface area contributed by atoms with Gasteiger partial charge >= 0.3 is 0 Å². The third-order valence-electron chi connectivity index (χ3n) is 2.75. The maximum Gasteiger partial charge on any atom is 0.259 e. The van der Waals surface area contributed by atoms with E-state index in [9.17, 15) is 4.39 Å². The minimum Gasteiger partial charge on any atom is -0.399 e. The van der Waals surface area contributed by atoms with Gasteiger partial charge in [0.05, 0.1) is 5.56 Å². The van der Waals surface area contributed by atoms with Crippen LogP contribution in [0.2, 0.25) is 0 Å². The van der Waals surface area contributed by atoms with Gasteiger partial charge in [-0.15, -0.1) is 0 Å². The van der Waals surface area contributed by atoms with Crippen molar-refractivity contribution in [2.24, 2.45) is 0 Å². The lowest BCUT2D eigenvalue weighted by molar-refractivity contribution is 0.432. The second-order valence-electron chi connectivity index (χ2n) is 4.17. The van der Waals surface area contributed by atoms with Gasteiger partial charge in [0.15, 0.2) is 0 Å². The van der Waals surface area contributed by atoms with E-state index in [1.165, 1.54) is 12.1 Å². The van der Waals surface area contributed by atoms with E-state index in [1.54, 1.807) is 24.3 Å². The Balaban J connectivity index is 2.01. The molecule has 0 aliphatic carbocycles. The third-order valence-corrected chi connectivity index (χ3v) is 3.44. The number of rotatable bonds is 2. The normalized spacial score (nSPS) is 10.7. The summed E-state index contributed by atoms with van der Waals surface area (Å²) in [5, 5.41) is 3.89. The van der Waals surface area contributed by atoms with Crippen molar-refractivity contribution in [1.82, 2.24) is 10.1 Å². The van der Waals surface area contributed by atoms with Gasteiger partial charge in [-0.1, -0.05) is 5.16 Å². The van der Waals surface area contributed by atoms with Crippen molar-refractivity contribution < 1.29 is 8.91 Å². The van der Waals surface area contributed by atoms with E-state index in [4.69, 9.17) is 10.3 Å². The molecular weight excluding hydrogens is 325 g/mol. The zero-order valence-corrected chi connectivity index (χ0v) is 11.8. The third kappa shape index (κ3) is 2.42. The van der Waals surface area contributed by atoms with E-state index in [1.807, 2.05) is 6.07 Å². The van der Waals surface area contributed by atoms with E-state index < -0.39 is 0 Å². The first-order valence-corrected chi connectivity index (χ1v) is 6.58. The Morgan fingerprint density at radius 1 is 1.10 bits per heavy atom. The fourth-order valence-corrected chi connectivity index (χ4v) is 2.17. The number of nitrogens with zero attached hydrogens (tertiary/aromatic N) is 2. The van der Waals surface area contributed by atoms with E-state index in [-0.39, 0.29) is 5.82 Å². The number of benzene rings is 2. The number of hydrogen-bond acceptors (Lipinski definition) is 4. The molecule has 4 nitrogen and oxygen atoms in total. The number of halogens is 2. The van der Waals surface area contributed by atoms with Crippen LogP contribution in [0.3, 0.4) is 0 Å². The number of hydrogen-bond donors (Lipinski definition) is 1. The summed E-state index contributed by atoms with van der Waals surface area (Å²) in [5.41, 5.74) is 7.74. The SMILES string of the molecule is Nc1ccc(Br)c(-c2nc(-c3ccc(F)cc3)no2)c1. The first-order chi connectivity index (χ1) is 9.63. The molecule has 6 heteroatoms. The summed E-state index contributed by atoms with van der Waals surface area (Å²) >= 11 is 3.41. The lowest BCUT2D eigenvalue weighted by atomic mass is 10.2. The molecule has 0 amide bonds. The van der Waals surface area contributed by atoms with Crippen LogP contribution in [-0.2, 0) is 0 Å². The highest BCUT2D eigenvalue weighted by atomic mass is 79.9. The average molecular weight is 334 g/mol. The zero-order chi connectivity index (χ0) is 14.1. The summed E-state index contributed by atoms with van der Waals surface area (Å²) in [7, 11) is 0. The summed E-state index contributed by atoms with van der Waals surface area (Å²) in [6.07, 6.45) is 0. The van der Waals surface area contributed by atoms with Crippen molar-refractivity contribution in [3.05, 3.63) is 52.8 Å². The second-order valence-corrected chi connectivity index (χ2v) is 5.02. The Hall–Kier alpha value is -2.21. The van der Waals surface area contributed by atoms with Gasteiger partial charge in [0.2, 0.25) is 5.82 Å². The van der Waals surface area contributed by atoms with Crippen LogP contribution in [0.1, 0.15) is 0 Å². The summed E-state index contributed by atoms with van der Waals surface area (Å²) in [6, 6.07) is 11.2. The Bertz CT molecular complexity index is 755. The molecule has 0 aliphatic rings. The largest absolute Gasteiger partial charge is 0.399 e. The van der Waals surface area contributed by atoms with E-state index in [0.29, 0.717) is 28.5 Å². The molecule has 2 N–H and O–H groups in total. The van der Waals surface area contributed by atoms with Crippen molar-refractivity contribution in [2.45, 2.75) is 0 Å². The van der Waals surface area contributed by atoms with Gasteiger partial charge < -0.3 is 10.3 Å². The highest BCUT2D eigenvalue weighted by Crippen LogP contribution is 2.30. The van der Waals surface area contributed by atoms with Crippen LogP contribution in [0.5, 0.6) is 0 Å². The Morgan fingerprint density at radius 2 is 1.85 bits per heavy atom. The number of nitrogens with two attached hydrogens (primary N) is 1. The highest BCUT2D eigenvalue weighted by Gasteiger charge is 2.13. The topological polar surface area (TPSA) is 64.9 Å². The fourth-order valence-electron chi connectivity index (χ4n) is 1.76.